The van der Waals surface area contributed by atoms with Gasteiger partial charge in [-0.05, 0) is 32.1 Å². The minimum Gasteiger partial charge on any atom is -0.341 e. The second-order valence-corrected chi connectivity index (χ2v) is 6.34. The van der Waals surface area contributed by atoms with Crippen LogP contribution >= 0.6 is 0 Å². The average molecular weight is 276 g/mol. The van der Waals surface area contributed by atoms with Crippen LogP contribution in [0.3, 0.4) is 0 Å². The van der Waals surface area contributed by atoms with Gasteiger partial charge < -0.3 is 10.2 Å². The normalized spacial score (nSPS) is 20.2. The van der Waals surface area contributed by atoms with Crippen LogP contribution in [0.15, 0.2) is 6.20 Å². The fourth-order valence-electron chi connectivity index (χ4n) is 2.58. The zero-order chi connectivity index (χ0) is 14.5. The van der Waals surface area contributed by atoms with Gasteiger partial charge in [0.2, 0.25) is 5.95 Å². The molecule has 0 bridgehead atoms. The second-order valence-electron chi connectivity index (χ2n) is 6.34. The van der Waals surface area contributed by atoms with Crippen LogP contribution in [-0.2, 0) is 6.54 Å². The third-order valence-electron chi connectivity index (χ3n) is 4.07. The van der Waals surface area contributed by atoms with E-state index in [1.807, 2.05) is 6.20 Å². The Kier molecular flexibility index (Phi) is 5.35. The molecule has 1 aliphatic heterocycles. The van der Waals surface area contributed by atoms with Gasteiger partial charge in [0.15, 0.2) is 0 Å². The number of hydrogen-bond donors (Lipinski definition) is 1. The van der Waals surface area contributed by atoms with E-state index in [0.717, 1.165) is 37.2 Å². The van der Waals surface area contributed by atoms with E-state index >= 15 is 0 Å². The highest BCUT2D eigenvalue weighted by Crippen LogP contribution is 2.20. The highest BCUT2D eigenvalue weighted by molar-refractivity contribution is 5.33. The lowest BCUT2D eigenvalue weighted by atomic mass is 10.0. The van der Waals surface area contributed by atoms with Crippen LogP contribution in [0.4, 0.5) is 5.95 Å². The van der Waals surface area contributed by atoms with Crippen LogP contribution in [-0.4, -0.2) is 29.1 Å². The van der Waals surface area contributed by atoms with Crippen molar-refractivity contribution in [3.8, 4) is 0 Å². The number of aryl methyl sites for hydroxylation is 1. The summed E-state index contributed by atoms with van der Waals surface area (Å²) in [4.78, 5) is 11.6. The van der Waals surface area contributed by atoms with Crippen LogP contribution in [0.1, 0.15) is 51.3 Å². The molecule has 1 atom stereocenters. The van der Waals surface area contributed by atoms with Crippen LogP contribution in [0.2, 0.25) is 0 Å². The van der Waals surface area contributed by atoms with Gasteiger partial charge in [0, 0.05) is 43.1 Å². The number of anilines is 1. The van der Waals surface area contributed by atoms with Gasteiger partial charge in [0.05, 0.1) is 0 Å². The molecular weight excluding hydrogens is 248 g/mol. The molecule has 1 aromatic rings. The van der Waals surface area contributed by atoms with Crippen molar-refractivity contribution in [1.29, 1.82) is 0 Å². The van der Waals surface area contributed by atoms with Gasteiger partial charge in [0.1, 0.15) is 0 Å². The lowest BCUT2D eigenvalue weighted by Gasteiger charge is -2.21. The summed E-state index contributed by atoms with van der Waals surface area (Å²) < 4.78 is 0. The molecule has 0 radical (unpaired) electrons. The van der Waals surface area contributed by atoms with Crippen molar-refractivity contribution in [1.82, 2.24) is 15.3 Å². The predicted octanol–water partition coefficient (Wildman–Crippen LogP) is 2.91. The predicted molar refractivity (Wildman–Crippen MR) is 84.0 cm³/mol. The quantitative estimate of drug-likeness (QED) is 0.918. The minimum atomic E-state index is 0.487. The zero-order valence-corrected chi connectivity index (χ0v) is 13.3. The van der Waals surface area contributed by atoms with Crippen molar-refractivity contribution < 1.29 is 0 Å². The van der Waals surface area contributed by atoms with E-state index in [1.165, 1.54) is 24.8 Å². The average Bonchev–Trinajstić information content (AvgIpc) is 2.62. The fourth-order valence-corrected chi connectivity index (χ4v) is 2.58. The monoisotopic (exact) mass is 276 g/mol. The Morgan fingerprint density at radius 1 is 1.35 bits per heavy atom. The zero-order valence-electron chi connectivity index (χ0n) is 13.3. The topological polar surface area (TPSA) is 41.1 Å². The Morgan fingerprint density at radius 3 is 2.85 bits per heavy atom. The van der Waals surface area contributed by atoms with Crippen molar-refractivity contribution in [3.05, 3.63) is 17.5 Å². The molecule has 0 spiro atoms. The van der Waals surface area contributed by atoms with E-state index in [4.69, 9.17) is 4.98 Å². The molecule has 1 saturated heterocycles. The first kappa shape index (κ1) is 15.2. The minimum absolute atomic E-state index is 0.487. The maximum atomic E-state index is 4.72. The van der Waals surface area contributed by atoms with Crippen molar-refractivity contribution >= 4 is 5.95 Å². The molecule has 2 rings (SSSR count). The van der Waals surface area contributed by atoms with Crippen molar-refractivity contribution in [2.75, 3.05) is 18.0 Å². The summed E-state index contributed by atoms with van der Waals surface area (Å²) in [6.07, 6.45) is 5.81. The van der Waals surface area contributed by atoms with Crippen LogP contribution in [0.5, 0.6) is 0 Å². The third-order valence-corrected chi connectivity index (χ3v) is 4.07. The first-order valence-corrected chi connectivity index (χ1v) is 7.87. The Bertz CT molecular complexity index is 430. The maximum absolute atomic E-state index is 4.72. The van der Waals surface area contributed by atoms with Crippen molar-refractivity contribution in [3.63, 3.8) is 0 Å². The summed E-state index contributed by atoms with van der Waals surface area (Å²) in [7, 11) is 0. The Balaban J connectivity index is 2.04. The molecule has 1 N–H and O–H groups in total. The summed E-state index contributed by atoms with van der Waals surface area (Å²) in [6.45, 7) is 11.8. The number of hydrogen-bond acceptors (Lipinski definition) is 4. The van der Waals surface area contributed by atoms with Gasteiger partial charge in [-0.3, -0.25) is 0 Å². The Morgan fingerprint density at radius 2 is 2.15 bits per heavy atom. The van der Waals surface area contributed by atoms with E-state index < -0.39 is 0 Å². The van der Waals surface area contributed by atoms with Gasteiger partial charge in [-0.2, -0.15) is 0 Å². The Labute approximate surface area is 123 Å². The van der Waals surface area contributed by atoms with Gasteiger partial charge in [-0.15, -0.1) is 0 Å². The van der Waals surface area contributed by atoms with Gasteiger partial charge in [-0.25, -0.2) is 9.97 Å². The molecular formula is C16H28N4. The first-order valence-electron chi connectivity index (χ1n) is 7.87. The van der Waals surface area contributed by atoms with E-state index in [-0.39, 0.29) is 0 Å². The van der Waals surface area contributed by atoms with Crippen LogP contribution in [0.25, 0.3) is 0 Å². The molecule has 4 heteroatoms. The maximum Gasteiger partial charge on any atom is 0.225 e. The molecule has 0 saturated carbocycles. The molecule has 1 fully saturated rings. The molecule has 1 aliphatic rings. The smallest absolute Gasteiger partial charge is 0.225 e. The Hall–Kier alpha value is -1.16. The van der Waals surface area contributed by atoms with E-state index in [0.29, 0.717) is 6.04 Å². The summed E-state index contributed by atoms with van der Waals surface area (Å²) in [5, 5.41) is 3.42. The molecule has 0 aliphatic carbocycles. The number of nitrogens with one attached hydrogen (secondary N) is 1. The van der Waals surface area contributed by atoms with E-state index in [1.54, 1.807) is 0 Å². The summed E-state index contributed by atoms with van der Waals surface area (Å²) in [5.74, 6) is 1.74. The highest BCUT2D eigenvalue weighted by Gasteiger charge is 2.16. The first-order chi connectivity index (χ1) is 9.56. The molecule has 20 heavy (non-hydrogen) atoms. The molecule has 1 aromatic heterocycles. The number of nitrogens with zero attached hydrogens (tertiary/aromatic N) is 3. The van der Waals surface area contributed by atoms with Crippen LogP contribution < -0.4 is 10.2 Å². The second kappa shape index (κ2) is 7.02. The van der Waals surface area contributed by atoms with E-state index in [2.05, 4.69) is 42.9 Å². The van der Waals surface area contributed by atoms with Gasteiger partial charge in [-0.1, -0.05) is 20.8 Å². The molecule has 112 valence electrons. The summed E-state index contributed by atoms with van der Waals surface area (Å²) in [6, 6.07) is 0.487. The van der Waals surface area contributed by atoms with Gasteiger partial charge in [0.25, 0.3) is 0 Å². The number of rotatable bonds is 4. The van der Waals surface area contributed by atoms with Crippen molar-refractivity contribution in [2.24, 2.45) is 5.92 Å². The fraction of sp³-hybridized carbons (Fsp3) is 0.750. The van der Waals surface area contributed by atoms with Crippen molar-refractivity contribution in [2.45, 2.75) is 59.5 Å². The molecule has 0 aromatic carbocycles. The van der Waals surface area contributed by atoms with E-state index in [9.17, 15) is 0 Å². The molecule has 1 unspecified atom stereocenters. The molecule has 0 amide bonds. The third kappa shape index (κ3) is 4.17. The largest absolute Gasteiger partial charge is 0.341 e. The van der Waals surface area contributed by atoms with Gasteiger partial charge >= 0.3 is 0 Å². The highest BCUT2D eigenvalue weighted by atomic mass is 15.2. The summed E-state index contributed by atoms with van der Waals surface area (Å²) >= 11 is 0. The lowest BCUT2D eigenvalue weighted by Crippen LogP contribution is -2.27. The molecule has 2 heterocycles. The summed E-state index contributed by atoms with van der Waals surface area (Å²) in [5.41, 5.74) is 2.30. The SMILES string of the molecule is Cc1nc(N2CCCC(C)CC2)ncc1CNC(C)C. The van der Waals surface area contributed by atoms with Crippen LogP contribution in [0, 0.1) is 12.8 Å². The standard InChI is InChI=1S/C16H28N4/c1-12(2)17-10-15-11-18-16(19-14(15)4)20-8-5-6-13(3)7-9-20/h11-13,17H,5-10H2,1-4H3. The molecule has 4 nitrogen and oxygen atoms in total. The number of aromatic nitrogens is 2. The lowest BCUT2D eigenvalue weighted by molar-refractivity contribution is 0.521.